The Morgan fingerprint density at radius 3 is 2.46 bits per heavy atom. The lowest BCUT2D eigenvalue weighted by atomic mass is 10.1. The van der Waals surface area contributed by atoms with Crippen molar-refractivity contribution in [3.05, 3.63) is 39.4 Å². The third-order valence-electron chi connectivity index (χ3n) is 1.67. The summed E-state index contributed by atoms with van der Waals surface area (Å²) in [6, 6.07) is 3.29. The zero-order valence-electron chi connectivity index (χ0n) is 6.83. The van der Waals surface area contributed by atoms with Crippen molar-refractivity contribution in [1.29, 1.82) is 0 Å². The van der Waals surface area contributed by atoms with Gasteiger partial charge in [-0.3, -0.25) is 10.1 Å². The fraction of sp³-hybridized carbons (Fsp3) is 0.250. The summed E-state index contributed by atoms with van der Waals surface area (Å²) in [4.78, 5) is 9.73. The van der Waals surface area contributed by atoms with E-state index in [2.05, 4.69) is 0 Å². The second kappa shape index (κ2) is 3.47. The van der Waals surface area contributed by atoms with Gasteiger partial charge < -0.3 is 0 Å². The predicted molar refractivity (Wildman–Crippen MR) is 42.8 cm³/mol. The second-order valence-electron chi connectivity index (χ2n) is 2.60. The third-order valence-corrected chi connectivity index (χ3v) is 1.67. The molecule has 0 aliphatic carbocycles. The first-order chi connectivity index (χ1) is 6.02. The van der Waals surface area contributed by atoms with E-state index >= 15 is 0 Å². The molecule has 1 rings (SSSR count). The van der Waals surface area contributed by atoms with Gasteiger partial charge in [0.15, 0.2) is 0 Å². The lowest BCUT2D eigenvalue weighted by molar-refractivity contribution is -0.385. The van der Waals surface area contributed by atoms with E-state index in [0.29, 0.717) is 0 Å². The van der Waals surface area contributed by atoms with Crippen LogP contribution in [0.15, 0.2) is 18.2 Å². The minimum absolute atomic E-state index is 0.135. The number of hydrogen-bond acceptors (Lipinski definition) is 2. The molecule has 0 N–H and O–H groups in total. The maximum Gasteiger partial charge on any atom is 0.272 e. The zero-order valence-corrected chi connectivity index (χ0v) is 6.83. The maximum absolute atomic E-state index is 12.1. The van der Waals surface area contributed by atoms with E-state index in [-0.39, 0.29) is 16.8 Å². The molecule has 0 heterocycles. The van der Waals surface area contributed by atoms with E-state index in [1.165, 1.54) is 6.92 Å². The number of hydrogen-bond donors (Lipinski definition) is 0. The first-order valence-corrected chi connectivity index (χ1v) is 3.55. The van der Waals surface area contributed by atoms with E-state index in [1.54, 1.807) is 0 Å². The molecular weight excluding hydrogens is 180 g/mol. The Hall–Kier alpha value is -1.52. The monoisotopic (exact) mass is 187 g/mol. The summed E-state index contributed by atoms with van der Waals surface area (Å²) in [5.74, 6) is 0. The van der Waals surface area contributed by atoms with Crippen LogP contribution in [0.1, 0.15) is 17.6 Å². The van der Waals surface area contributed by atoms with Crippen LogP contribution in [0, 0.1) is 17.0 Å². The molecule has 0 aliphatic rings. The molecule has 0 spiro atoms. The minimum atomic E-state index is -2.58. The normalized spacial score (nSPS) is 10.5. The molecule has 70 valence electrons. The molecule has 1 aromatic rings. The van der Waals surface area contributed by atoms with E-state index in [1.807, 2.05) is 0 Å². The molecule has 0 aromatic heterocycles. The van der Waals surface area contributed by atoms with E-state index in [9.17, 15) is 18.9 Å². The van der Waals surface area contributed by atoms with Gasteiger partial charge in [-0.15, -0.1) is 0 Å². The van der Waals surface area contributed by atoms with E-state index in [0.717, 1.165) is 18.2 Å². The van der Waals surface area contributed by atoms with E-state index < -0.39 is 11.3 Å². The SMILES string of the molecule is Cc1cc(C(F)F)ccc1[N+](=O)[O-]. The largest absolute Gasteiger partial charge is 0.272 e. The van der Waals surface area contributed by atoms with Gasteiger partial charge in [0.2, 0.25) is 0 Å². The molecule has 0 bridgehead atoms. The van der Waals surface area contributed by atoms with Gasteiger partial charge in [0, 0.05) is 17.2 Å². The molecular formula is C8H7F2NO2. The van der Waals surface area contributed by atoms with Gasteiger partial charge in [0.25, 0.3) is 12.1 Å². The van der Waals surface area contributed by atoms with E-state index in [4.69, 9.17) is 0 Å². The van der Waals surface area contributed by atoms with Crippen LogP contribution in [-0.4, -0.2) is 4.92 Å². The molecule has 0 amide bonds. The third kappa shape index (κ3) is 1.99. The molecule has 13 heavy (non-hydrogen) atoms. The summed E-state index contributed by atoms with van der Waals surface area (Å²) in [5, 5.41) is 10.3. The number of benzene rings is 1. The summed E-state index contributed by atoms with van der Waals surface area (Å²) in [6.45, 7) is 1.43. The highest BCUT2D eigenvalue weighted by molar-refractivity contribution is 5.42. The zero-order chi connectivity index (χ0) is 10.0. The first kappa shape index (κ1) is 9.57. The van der Waals surface area contributed by atoms with Gasteiger partial charge in [0.05, 0.1) is 4.92 Å². The van der Waals surface area contributed by atoms with Crippen molar-refractivity contribution < 1.29 is 13.7 Å². The van der Waals surface area contributed by atoms with Crippen molar-refractivity contribution >= 4 is 5.69 Å². The lowest BCUT2D eigenvalue weighted by Gasteiger charge is -2.01. The first-order valence-electron chi connectivity index (χ1n) is 3.55. The van der Waals surface area contributed by atoms with Gasteiger partial charge in [-0.05, 0) is 19.1 Å². The molecule has 3 nitrogen and oxygen atoms in total. The standard InChI is InChI=1S/C8H7F2NO2/c1-5-4-6(8(9)10)2-3-7(5)11(12)13/h2-4,8H,1H3. The molecule has 0 fully saturated rings. The average Bonchev–Trinajstić information content (AvgIpc) is 2.03. The van der Waals surface area contributed by atoms with Gasteiger partial charge in [-0.1, -0.05) is 0 Å². The topological polar surface area (TPSA) is 43.1 Å². The number of rotatable bonds is 2. The minimum Gasteiger partial charge on any atom is -0.258 e. The van der Waals surface area contributed by atoms with Crippen LogP contribution in [0.2, 0.25) is 0 Å². The number of halogens is 2. The van der Waals surface area contributed by atoms with Gasteiger partial charge in [-0.25, -0.2) is 8.78 Å². The lowest BCUT2D eigenvalue weighted by Crippen LogP contribution is -1.93. The molecule has 1 aromatic carbocycles. The van der Waals surface area contributed by atoms with Crippen molar-refractivity contribution in [1.82, 2.24) is 0 Å². The van der Waals surface area contributed by atoms with Gasteiger partial charge in [0.1, 0.15) is 0 Å². The molecule has 0 aliphatic heterocycles. The van der Waals surface area contributed by atoms with Crippen LogP contribution in [0.4, 0.5) is 14.5 Å². The molecule has 0 radical (unpaired) electrons. The van der Waals surface area contributed by atoms with Crippen molar-refractivity contribution in [2.45, 2.75) is 13.3 Å². The molecule has 0 saturated heterocycles. The maximum atomic E-state index is 12.1. The fourth-order valence-corrected chi connectivity index (χ4v) is 1.02. The quantitative estimate of drug-likeness (QED) is 0.527. The van der Waals surface area contributed by atoms with Gasteiger partial charge in [-0.2, -0.15) is 0 Å². The Labute approximate surface area is 73.1 Å². The Kier molecular flexibility index (Phi) is 2.55. The fourth-order valence-electron chi connectivity index (χ4n) is 1.02. The number of nitrogens with zero attached hydrogens (tertiary/aromatic N) is 1. The van der Waals surface area contributed by atoms with Crippen LogP contribution in [-0.2, 0) is 0 Å². The van der Waals surface area contributed by atoms with Crippen molar-refractivity contribution in [2.24, 2.45) is 0 Å². The molecule has 0 unspecified atom stereocenters. The number of nitro groups is 1. The highest BCUT2D eigenvalue weighted by Gasteiger charge is 2.13. The number of nitro benzene ring substituents is 1. The Morgan fingerprint density at radius 2 is 2.08 bits per heavy atom. The van der Waals surface area contributed by atoms with Crippen LogP contribution in [0.25, 0.3) is 0 Å². The summed E-state index contributed by atoms with van der Waals surface area (Å²) >= 11 is 0. The summed E-state index contributed by atoms with van der Waals surface area (Å²) in [5.41, 5.74) is -0.0738. The summed E-state index contributed by atoms with van der Waals surface area (Å²) < 4.78 is 24.2. The number of aryl methyl sites for hydroxylation is 1. The average molecular weight is 187 g/mol. The van der Waals surface area contributed by atoms with Crippen LogP contribution >= 0.6 is 0 Å². The van der Waals surface area contributed by atoms with Gasteiger partial charge >= 0.3 is 0 Å². The predicted octanol–water partition coefficient (Wildman–Crippen LogP) is 2.84. The molecule has 5 heteroatoms. The Morgan fingerprint density at radius 1 is 1.46 bits per heavy atom. The van der Waals surface area contributed by atoms with Crippen LogP contribution < -0.4 is 0 Å². The molecule has 0 atom stereocenters. The van der Waals surface area contributed by atoms with Crippen molar-refractivity contribution in [3.8, 4) is 0 Å². The smallest absolute Gasteiger partial charge is 0.258 e. The summed E-state index contributed by atoms with van der Waals surface area (Å²) in [7, 11) is 0. The van der Waals surface area contributed by atoms with Crippen molar-refractivity contribution in [2.75, 3.05) is 0 Å². The van der Waals surface area contributed by atoms with Crippen LogP contribution in [0.5, 0.6) is 0 Å². The highest BCUT2D eigenvalue weighted by Crippen LogP contribution is 2.24. The number of alkyl halides is 2. The summed E-state index contributed by atoms with van der Waals surface area (Å²) in [6.07, 6.45) is -2.58. The highest BCUT2D eigenvalue weighted by atomic mass is 19.3. The Balaban J connectivity index is 3.13. The molecule has 0 saturated carbocycles. The van der Waals surface area contributed by atoms with Crippen LogP contribution in [0.3, 0.4) is 0 Å². The Bertz CT molecular complexity index is 339. The van der Waals surface area contributed by atoms with Crippen molar-refractivity contribution in [3.63, 3.8) is 0 Å². The second-order valence-corrected chi connectivity index (χ2v) is 2.60.